The molecule has 0 saturated carbocycles. The Labute approximate surface area is 140 Å². The highest BCUT2D eigenvalue weighted by Crippen LogP contribution is 2.40. The number of hydrogen-bond acceptors (Lipinski definition) is 2. The zero-order valence-electron chi connectivity index (χ0n) is 13.7. The number of rotatable bonds is 1. The van der Waals surface area contributed by atoms with Gasteiger partial charge in [0.05, 0.1) is 0 Å². The number of aryl methyl sites for hydroxylation is 2. The molecule has 0 fully saturated rings. The van der Waals surface area contributed by atoms with Gasteiger partial charge in [-0.2, -0.15) is 0 Å². The van der Waals surface area contributed by atoms with Crippen LogP contribution in [-0.2, 0) is 0 Å². The predicted octanol–water partition coefficient (Wildman–Crippen LogP) is 5.69. The first-order valence-corrected chi connectivity index (χ1v) is 7.99. The summed E-state index contributed by atoms with van der Waals surface area (Å²) in [6.45, 7) is 4.17. The molecule has 0 aliphatic heterocycles. The third-order valence-electron chi connectivity index (χ3n) is 4.68. The zero-order chi connectivity index (χ0) is 16.8. The van der Waals surface area contributed by atoms with Crippen molar-refractivity contribution in [3.63, 3.8) is 0 Å². The Morgan fingerprint density at radius 2 is 0.917 bits per heavy atom. The molecule has 0 aromatic heterocycles. The van der Waals surface area contributed by atoms with E-state index in [0.29, 0.717) is 0 Å². The predicted molar refractivity (Wildman–Crippen MR) is 99.7 cm³/mol. The highest BCUT2D eigenvalue weighted by atomic mass is 16.3. The van der Waals surface area contributed by atoms with Crippen LogP contribution in [0.5, 0.6) is 11.5 Å². The van der Waals surface area contributed by atoms with Crippen LogP contribution in [0.2, 0.25) is 0 Å². The molecule has 0 aliphatic rings. The molecular formula is C22H18O2. The number of fused-ring (bicyclic) bond motifs is 2. The smallest absolute Gasteiger partial charge is 0.116 e. The van der Waals surface area contributed by atoms with Gasteiger partial charge in [-0.25, -0.2) is 0 Å². The lowest BCUT2D eigenvalue weighted by Crippen LogP contribution is -1.91. The summed E-state index contributed by atoms with van der Waals surface area (Å²) in [6.07, 6.45) is 0. The Bertz CT molecular complexity index is 994. The molecule has 0 bridgehead atoms. The minimum atomic E-state index is 0.259. The summed E-state index contributed by atoms with van der Waals surface area (Å²) in [6, 6.07) is 19.3. The molecule has 0 spiro atoms. The molecule has 4 rings (SSSR count). The lowest BCUT2D eigenvalue weighted by molar-refractivity contribution is 0.475. The van der Waals surface area contributed by atoms with Crippen LogP contribution in [0, 0.1) is 13.8 Å². The number of phenols is 2. The molecule has 2 heteroatoms. The van der Waals surface area contributed by atoms with Gasteiger partial charge >= 0.3 is 0 Å². The normalized spacial score (nSPS) is 11.2. The Hall–Kier alpha value is -3.00. The van der Waals surface area contributed by atoms with Gasteiger partial charge in [0.2, 0.25) is 0 Å². The number of benzene rings is 4. The molecule has 4 aromatic rings. The monoisotopic (exact) mass is 314 g/mol. The van der Waals surface area contributed by atoms with Crippen LogP contribution >= 0.6 is 0 Å². The van der Waals surface area contributed by atoms with Crippen LogP contribution in [0.25, 0.3) is 32.7 Å². The second kappa shape index (κ2) is 5.27. The van der Waals surface area contributed by atoms with Crippen LogP contribution in [0.3, 0.4) is 0 Å². The maximum atomic E-state index is 9.98. The molecule has 0 radical (unpaired) electrons. The first-order chi connectivity index (χ1) is 11.5. The molecule has 2 N–H and O–H groups in total. The van der Waals surface area contributed by atoms with Crippen molar-refractivity contribution in [3.8, 4) is 22.6 Å². The van der Waals surface area contributed by atoms with Crippen LogP contribution in [0.15, 0.2) is 60.7 Å². The van der Waals surface area contributed by atoms with Gasteiger partial charge in [-0.05, 0) is 81.9 Å². The van der Waals surface area contributed by atoms with E-state index in [4.69, 9.17) is 0 Å². The highest BCUT2D eigenvalue weighted by Gasteiger charge is 2.14. The second-order valence-corrected chi connectivity index (χ2v) is 6.33. The van der Waals surface area contributed by atoms with E-state index < -0.39 is 0 Å². The fraction of sp³-hybridized carbons (Fsp3) is 0.0909. The van der Waals surface area contributed by atoms with E-state index in [9.17, 15) is 10.2 Å². The quantitative estimate of drug-likeness (QED) is 0.474. The Kier molecular flexibility index (Phi) is 3.20. The van der Waals surface area contributed by atoms with E-state index >= 15 is 0 Å². The summed E-state index contributed by atoms with van der Waals surface area (Å²) in [5.41, 5.74) is 4.51. The van der Waals surface area contributed by atoms with E-state index in [1.165, 1.54) is 0 Å². The van der Waals surface area contributed by atoms with Gasteiger partial charge in [-0.3, -0.25) is 0 Å². The van der Waals surface area contributed by atoms with Crippen molar-refractivity contribution in [1.82, 2.24) is 0 Å². The molecule has 0 saturated heterocycles. The number of phenolic OH excluding ortho intramolecular Hbond substituents is 2. The van der Waals surface area contributed by atoms with Gasteiger partial charge in [-0.15, -0.1) is 0 Å². The maximum Gasteiger partial charge on any atom is 0.116 e. The third-order valence-corrected chi connectivity index (χ3v) is 4.68. The Morgan fingerprint density at radius 3 is 1.33 bits per heavy atom. The zero-order valence-corrected chi connectivity index (χ0v) is 13.7. The van der Waals surface area contributed by atoms with Crippen molar-refractivity contribution in [2.75, 3.05) is 0 Å². The summed E-state index contributed by atoms with van der Waals surface area (Å²) in [7, 11) is 0. The SMILES string of the molecule is Cc1ccc2ccc(O)cc2c1-c1c(C)ccc2ccc(O)cc12. The molecule has 0 aliphatic carbocycles. The molecule has 118 valence electrons. The van der Waals surface area contributed by atoms with Crippen molar-refractivity contribution in [3.05, 3.63) is 71.8 Å². The van der Waals surface area contributed by atoms with Crippen molar-refractivity contribution < 1.29 is 10.2 Å². The van der Waals surface area contributed by atoms with E-state index in [0.717, 1.165) is 43.8 Å². The van der Waals surface area contributed by atoms with Gasteiger partial charge < -0.3 is 10.2 Å². The summed E-state index contributed by atoms with van der Waals surface area (Å²) in [5, 5.41) is 24.2. The Morgan fingerprint density at radius 1 is 0.542 bits per heavy atom. The van der Waals surface area contributed by atoms with Gasteiger partial charge in [0.15, 0.2) is 0 Å². The standard InChI is InChI=1S/C22H18O2/c1-13-3-5-15-7-9-17(23)11-19(15)21(13)22-14(2)4-6-16-8-10-18(24)12-20(16)22/h3-12,23-24H,1-2H3. The van der Waals surface area contributed by atoms with Crippen molar-refractivity contribution in [2.24, 2.45) is 0 Å². The number of hydrogen-bond donors (Lipinski definition) is 2. The minimum Gasteiger partial charge on any atom is -0.508 e. The molecule has 0 heterocycles. The maximum absolute atomic E-state index is 9.98. The highest BCUT2D eigenvalue weighted by molar-refractivity contribution is 6.08. The van der Waals surface area contributed by atoms with Gasteiger partial charge in [0, 0.05) is 0 Å². The lowest BCUT2D eigenvalue weighted by atomic mass is 9.88. The summed E-state index contributed by atoms with van der Waals surface area (Å²) < 4.78 is 0. The molecule has 4 aromatic carbocycles. The molecule has 0 amide bonds. The van der Waals surface area contributed by atoms with Crippen molar-refractivity contribution in [2.45, 2.75) is 13.8 Å². The average Bonchev–Trinajstić information content (AvgIpc) is 2.56. The fourth-order valence-electron chi connectivity index (χ4n) is 3.50. The first-order valence-electron chi connectivity index (χ1n) is 7.99. The number of aromatic hydroxyl groups is 2. The molecule has 24 heavy (non-hydrogen) atoms. The first kappa shape index (κ1) is 14.6. The molecule has 2 nitrogen and oxygen atoms in total. The molecule has 0 unspecified atom stereocenters. The largest absolute Gasteiger partial charge is 0.508 e. The second-order valence-electron chi connectivity index (χ2n) is 6.33. The summed E-state index contributed by atoms with van der Waals surface area (Å²) in [5.74, 6) is 0.519. The summed E-state index contributed by atoms with van der Waals surface area (Å²) in [4.78, 5) is 0. The van der Waals surface area contributed by atoms with Crippen LogP contribution in [0.4, 0.5) is 0 Å². The Balaban J connectivity index is 2.21. The van der Waals surface area contributed by atoms with Crippen LogP contribution in [-0.4, -0.2) is 10.2 Å². The van der Waals surface area contributed by atoms with E-state index in [1.807, 2.05) is 24.3 Å². The van der Waals surface area contributed by atoms with Gasteiger partial charge in [-0.1, -0.05) is 36.4 Å². The minimum absolute atomic E-state index is 0.259. The summed E-state index contributed by atoms with van der Waals surface area (Å²) >= 11 is 0. The lowest BCUT2D eigenvalue weighted by Gasteiger charge is -2.16. The van der Waals surface area contributed by atoms with Gasteiger partial charge in [0.25, 0.3) is 0 Å². The topological polar surface area (TPSA) is 40.5 Å². The van der Waals surface area contributed by atoms with Crippen molar-refractivity contribution >= 4 is 21.5 Å². The van der Waals surface area contributed by atoms with E-state index in [2.05, 4.69) is 38.1 Å². The van der Waals surface area contributed by atoms with E-state index in [1.54, 1.807) is 12.1 Å². The third kappa shape index (κ3) is 2.19. The average molecular weight is 314 g/mol. The van der Waals surface area contributed by atoms with Crippen LogP contribution in [0.1, 0.15) is 11.1 Å². The fourth-order valence-corrected chi connectivity index (χ4v) is 3.50. The molecular weight excluding hydrogens is 296 g/mol. The van der Waals surface area contributed by atoms with Gasteiger partial charge in [0.1, 0.15) is 11.5 Å². The van der Waals surface area contributed by atoms with E-state index in [-0.39, 0.29) is 11.5 Å². The van der Waals surface area contributed by atoms with Crippen LogP contribution < -0.4 is 0 Å². The van der Waals surface area contributed by atoms with Crippen molar-refractivity contribution in [1.29, 1.82) is 0 Å². The molecule has 0 atom stereocenters.